The fourth-order valence-corrected chi connectivity index (χ4v) is 5.09. The molecule has 0 unspecified atom stereocenters. The van der Waals surface area contributed by atoms with Crippen molar-refractivity contribution in [3.05, 3.63) is 65.2 Å². The van der Waals surface area contributed by atoms with Gasteiger partial charge in [-0.15, -0.1) is 0 Å². The van der Waals surface area contributed by atoms with Crippen LogP contribution >= 0.6 is 11.6 Å². The minimum Gasteiger partial charge on any atom is -0.495 e. The number of nitrogens with zero attached hydrogens (tertiary/aromatic N) is 1. The first-order valence-corrected chi connectivity index (χ1v) is 12.0. The number of hydrogen-bond acceptors (Lipinski definition) is 5. The van der Waals surface area contributed by atoms with Gasteiger partial charge >= 0.3 is 0 Å². The number of rotatable bonds is 6. The molecule has 0 saturated heterocycles. The van der Waals surface area contributed by atoms with Crippen molar-refractivity contribution in [1.82, 2.24) is 4.31 Å². The van der Waals surface area contributed by atoms with Gasteiger partial charge in [-0.25, -0.2) is 8.42 Å². The molecule has 4 rings (SSSR count). The third-order valence-electron chi connectivity index (χ3n) is 5.53. The van der Waals surface area contributed by atoms with Crippen molar-refractivity contribution < 1.29 is 22.4 Å². The molecule has 172 valence electrons. The molecule has 0 aliphatic carbocycles. The third kappa shape index (κ3) is 4.17. The largest absolute Gasteiger partial charge is 0.495 e. The molecule has 3 aromatic carbocycles. The Morgan fingerprint density at radius 1 is 1.06 bits per heavy atom. The van der Waals surface area contributed by atoms with E-state index in [1.165, 1.54) is 36.7 Å². The van der Waals surface area contributed by atoms with Crippen LogP contribution in [0.25, 0.3) is 21.9 Å². The smallest absolute Gasteiger partial charge is 0.257 e. The number of anilines is 1. The summed E-state index contributed by atoms with van der Waals surface area (Å²) in [7, 11) is -0.796. The van der Waals surface area contributed by atoms with Gasteiger partial charge in [-0.2, -0.15) is 4.31 Å². The zero-order valence-electron chi connectivity index (χ0n) is 18.5. The summed E-state index contributed by atoms with van der Waals surface area (Å²) < 4.78 is 38.4. The molecule has 0 atom stereocenters. The first-order valence-electron chi connectivity index (χ1n) is 10.2. The Labute approximate surface area is 196 Å². The van der Waals surface area contributed by atoms with Crippen LogP contribution in [0.4, 0.5) is 5.69 Å². The highest BCUT2D eigenvalue weighted by Gasteiger charge is 2.25. The molecule has 0 radical (unpaired) electrons. The van der Waals surface area contributed by atoms with Gasteiger partial charge in [-0.05, 0) is 44.2 Å². The molecule has 1 amide bonds. The maximum Gasteiger partial charge on any atom is 0.257 e. The van der Waals surface area contributed by atoms with Crippen LogP contribution in [0, 0.1) is 0 Å². The highest BCUT2D eigenvalue weighted by Crippen LogP contribution is 2.37. The molecule has 0 fully saturated rings. The molecule has 0 bridgehead atoms. The molecule has 0 spiro atoms. The predicted octanol–water partition coefficient (Wildman–Crippen LogP) is 5.53. The lowest BCUT2D eigenvalue weighted by molar-refractivity contribution is 0.102. The van der Waals surface area contributed by atoms with Crippen LogP contribution in [-0.4, -0.2) is 38.8 Å². The van der Waals surface area contributed by atoms with Crippen LogP contribution in [0.2, 0.25) is 5.02 Å². The summed E-state index contributed by atoms with van der Waals surface area (Å²) in [6, 6.07) is 14.9. The SMILES string of the molecule is COc1cc2c(cc1NC(=O)c1cc(S(=O)(=O)N(C)C(C)C)ccc1Cl)oc1ccccc12. The van der Waals surface area contributed by atoms with E-state index in [4.69, 9.17) is 20.8 Å². The molecule has 0 aliphatic rings. The number of halogens is 1. The second-order valence-corrected chi connectivity index (χ2v) is 10.3. The summed E-state index contributed by atoms with van der Waals surface area (Å²) >= 11 is 6.25. The fourth-order valence-electron chi connectivity index (χ4n) is 3.49. The van der Waals surface area contributed by atoms with Gasteiger partial charge in [-0.1, -0.05) is 29.8 Å². The number of nitrogens with one attached hydrogen (secondary N) is 1. The topological polar surface area (TPSA) is 88.8 Å². The van der Waals surface area contributed by atoms with Crippen molar-refractivity contribution in [1.29, 1.82) is 0 Å². The number of ether oxygens (including phenoxy) is 1. The number of benzene rings is 3. The van der Waals surface area contributed by atoms with Crippen LogP contribution in [0.5, 0.6) is 5.75 Å². The summed E-state index contributed by atoms with van der Waals surface area (Å²) in [5, 5.41) is 4.68. The van der Waals surface area contributed by atoms with Crippen LogP contribution in [0.3, 0.4) is 0 Å². The third-order valence-corrected chi connectivity index (χ3v) is 7.89. The number of amides is 1. The van der Waals surface area contributed by atoms with Gasteiger partial charge in [0.25, 0.3) is 5.91 Å². The van der Waals surface area contributed by atoms with E-state index in [2.05, 4.69) is 5.32 Å². The van der Waals surface area contributed by atoms with Crippen molar-refractivity contribution in [3.8, 4) is 5.75 Å². The normalized spacial score (nSPS) is 12.1. The van der Waals surface area contributed by atoms with Crippen LogP contribution in [0.1, 0.15) is 24.2 Å². The minimum absolute atomic E-state index is 0.0204. The summed E-state index contributed by atoms with van der Waals surface area (Å²) in [6.45, 7) is 3.53. The molecule has 4 aromatic rings. The van der Waals surface area contributed by atoms with Crippen molar-refractivity contribution in [3.63, 3.8) is 0 Å². The summed E-state index contributed by atoms with van der Waals surface area (Å²) in [5.41, 5.74) is 1.70. The van der Waals surface area contributed by atoms with E-state index in [1.54, 1.807) is 26.0 Å². The second kappa shape index (κ2) is 8.70. The number of hydrogen-bond donors (Lipinski definition) is 1. The second-order valence-electron chi connectivity index (χ2n) is 7.86. The predicted molar refractivity (Wildman–Crippen MR) is 130 cm³/mol. The average molecular weight is 487 g/mol. The molecule has 33 heavy (non-hydrogen) atoms. The van der Waals surface area contributed by atoms with E-state index in [1.807, 2.05) is 24.3 Å². The number of para-hydroxylation sites is 1. The molecular weight excluding hydrogens is 464 g/mol. The zero-order chi connectivity index (χ0) is 23.9. The fraction of sp³-hybridized carbons (Fsp3) is 0.208. The average Bonchev–Trinajstić information content (AvgIpc) is 3.15. The maximum absolute atomic E-state index is 13.1. The van der Waals surface area contributed by atoms with Crippen LogP contribution in [-0.2, 0) is 10.0 Å². The number of sulfonamides is 1. The lowest BCUT2D eigenvalue weighted by Crippen LogP contribution is -2.33. The molecule has 0 aliphatic heterocycles. The first kappa shape index (κ1) is 23.1. The molecule has 1 heterocycles. The first-order chi connectivity index (χ1) is 15.6. The molecule has 9 heteroatoms. The van der Waals surface area contributed by atoms with Crippen LogP contribution in [0.15, 0.2) is 63.9 Å². The van der Waals surface area contributed by atoms with Gasteiger partial charge in [0.15, 0.2) is 0 Å². The highest BCUT2D eigenvalue weighted by molar-refractivity contribution is 7.89. The summed E-state index contributed by atoms with van der Waals surface area (Å²) in [6.07, 6.45) is 0. The number of furan rings is 1. The quantitative estimate of drug-likeness (QED) is 0.387. The van der Waals surface area contributed by atoms with E-state index in [-0.39, 0.29) is 21.5 Å². The lowest BCUT2D eigenvalue weighted by Gasteiger charge is -2.21. The molecule has 7 nitrogen and oxygen atoms in total. The zero-order valence-corrected chi connectivity index (χ0v) is 20.1. The van der Waals surface area contributed by atoms with Gasteiger partial charge in [0.05, 0.1) is 28.3 Å². The Kier molecular flexibility index (Phi) is 6.09. The maximum atomic E-state index is 13.1. The Hall–Kier alpha value is -3.07. The van der Waals surface area contributed by atoms with E-state index in [0.29, 0.717) is 22.6 Å². The van der Waals surface area contributed by atoms with E-state index in [0.717, 1.165) is 10.8 Å². The van der Waals surface area contributed by atoms with Gasteiger partial charge in [0.1, 0.15) is 16.9 Å². The van der Waals surface area contributed by atoms with Crippen molar-refractivity contribution in [2.45, 2.75) is 24.8 Å². The van der Waals surface area contributed by atoms with Gasteiger partial charge in [0.2, 0.25) is 10.0 Å². The van der Waals surface area contributed by atoms with Crippen LogP contribution < -0.4 is 10.1 Å². The molecule has 0 saturated carbocycles. The van der Waals surface area contributed by atoms with E-state index < -0.39 is 15.9 Å². The number of carbonyl (C=O) groups excluding carboxylic acids is 1. The Bertz CT molecular complexity index is 1480. The van der Waals surface area contributed by atoms with E-state index >= 15 is 0 Å². The van der Waals surface area contributed by atoms with Gasteiger partial charge in [0, 0.05) is 29.9 Å². The number of methoxy groups -OCH3 is 1. The molecule has 1 N–H and O–H groups in total. The summed E-state index contributed by atoms with van der Waals surface area (Å²) in [4.78, 5) is 13.1. The van der Waals surface area contributed by atoms with Crippen molar-refractivity contribution >= 4 is 55.2 Å². The monoisotopic (exact) mass is 486 g/mol. The Balaban J connectivity index is 1.73. The highest BCUT2D eigenvalue weighted by atomic mass is 35.5. The van der Waals surface area contributed by atoms with Gasteiger partial charge < -0.3 is 14.5 Å². The summed E-state index contributed by atoms with van der Waals surface area (Å²) in [5.74, 6) is -0.139. The minimum atomic E-state index is -3.79. The van der Waals surface area contributed by atoms with Crippen molar-refractivity contribution in [2.75, 3.05) is 19.5 Å². The van der Waals surface area contributed by atoms with Crippen molar-refractivity contribution in [2.24, 2.45) is 0 Å². The standard InChI is InChI=1S/C24H23ClN2O5S/c1-14(2)27(3)33(29,30)15-9-10-19(25)18(11-15)24(28)26-20-13-22-17(12-23(20)31-4)16-7-5-6-8-21(16)32-22/h5-14H,1-4H3,(H,26,28). The Morgan fingerprint density at radius 2 is 1.79 bits per heavy atom. The number of fused-ring (bicyclic) bond motifs is 3. The Morgan fingerprint density at radius 3 is 2.48 bits per heavy atom. The lowest BCUT2D eigenvalue weighted by atomic mass is 10.1. The van der Waals surface area contributed by atoms with E-state index in [9.17, 15) is 13.2 Å². The van der Waals surface area contributed by atoms with Gasteiger partial charge in [-0.3, -0.25) is 4.79 Å². The molecular formula is C24H23ClN2O5S. The number of carbonyl (C=O) groups is 1. The molecule has 1 aromatic heterocycles.